The van der Waals surface area contributed by atoms with E-state index in [4.69, 9.17) is 9.47 Å². The predicted octanol–water partition coefficient (Wildman–Crippen LogP) is -0.461. The van der Waals surface area contributed by atoms with Crippen molar-refractivity contribution in [2.45, 2.75) is 19.2 Å². The van der Waals surface area contributed by atoms with Crippen LogP contribution in [0.15, 0.2) is 55.3 Å². The van der Waals surface area contributed by atoms with Gasteiger partial charge in [0.05, 0.1) is 38.7 Å². The van der Waals surface area contributed by atoms with Gasteiger partial charge in [-0.15, -0.1) is 6.58 Å². The second-order valence-corrected chi connectivity index (χ2v) is 8.19. The van der Waals surface area contributed by atoms with Crippen LogP contribution in [0.1, 0.15) is 11.3 Å². The van der Waals surface area contributed by atoms with Crippen LogP contribution in [0, 0.1) is 5.82 Å². The average molecular weight is 434 g/mol. The highest BCUT2D eigenvalue weighted by Gasteiger charge is 2.21. The van der Waals surface area contributed by atoms with Gasteiger partial charge in [-0.25, -0.2) is 4.39 Å². The zero-order valence-electron chi connectivity index (χ0n) is 18.3. The minimum atomic E-state index is -0.537. The van der Waals surface area contributed by atoms with Crippen LogP contribution < -0.4 is 9.80 Å². The fourth-order valence-corrected chi connectivity index (χ4v) is 4.04. The first-order chi connectivity index (χ1) is 15.2. The van der Waals surface area contributed by atoms with Crippen LogP contribution in [-0.2, 0) is 22.6 Å². The van der Waals surface area contributed by atoms with Gasteiger partial charge in [-0.3, -0.25) is 0 Å². The van der Waals surface area contributed by atoms with Crippen molar-refractivity contribution >= 4 is 0 Å². The molecule has 1 saturated heterocycles. The molecule has 6 nitrogen and oxygen atoms in total. The van der Waals surface area contributed by atoms with Crippen LogP contribution >= 0.6 is 0 Å². The molecule has 1 unspecified atom stereocenters. The Hall–Kier alpha value is -2.03. The van der Waals surface area contributed by atoms with Gasteiger partial charge in [-0.05, 0) is 18.2 Å². The van der Waals surface area contributed by atoms with Crippen LogP contribution in [0.3, 0.4) is 0 Å². The lowest BCUT2D eigenvalue weighted by molar-refractivity contribution is -0.969. The second-order valence-electron chi connectivity index (χ2n) is 8.19. The molecular formula is C24H36FN3O3+2. The number of hydrogen-bond acceptors (Lipinski definition) is 3. The van der Waals surface area contributed by atoms with E-state index in [0.717, 1.165) is 51.6 Å². The van der Waals surface area contributed by atoms with Crippen molar-refractivity contribution in [3.63, 3.8) is 0 Å². The summed E-state index contributed by atoms with van der Waals surface area (Å²) in [6.07, 6.45) is 3.15. The molecule has 1 aromatic heterocycles. The first-order valence-corrected chi connectivity index (χ1v) is 11.1. The summed E-state index contributed by atoms with van der Waals surface area (Å²) in [5.74, 6) is -0.183. The standard InChI is InChI=1S/C24H34FN3O3/c1-2-14-31-20-23(29)19-27(11-10-26-12-15-30-16-13-26)18-22-7-5-9-28(22)17-21-6-3-4-8-24(21)25/h2-9,23,29H,1,10-20H2/p+2/t23-/m0/s1. The molecule has 0 radical (unpaired) electrons. The SMILES string of the molecule is C=CCOC[C@@H](O)C[NH+](CC[NH+]1CCOCC1)Cc1cccn1Cc1ccccc1F. The van der Waals surface area contributed by atoms with Gasteiger partial charge in [-0.1, -0.05) is 24.3 Å². The summed E-state index contributed by atoms with van der Waals surface area (Å²) in [6.45, 7) is 11.9. The number of halogens is 1. The Morgan fingerprint density at radius 1 is 1.26 bits per heavy atom. The van der Waals surface area contributed by atoms with Crippen LogP contribution in [-0.4, -0.2) is 74.9 Å². The van der Waals surface area contributed by atoms with Gasteiger partial charge in [-0.2, -0.15) is 0 Å². The molecule has 7 heteroatoms. The van der Waals surface area contributed by atoms with E-state index < -0.39 is 6.10 Å². The Labute approximate surface area is 184 Å². The molecule has 2 atom stereocenters. The number of nitrogens with one attached hydrogen (secondary N) is 2. The number of benzene rings is 1. The summed E-state index contributed by atoms with van der Waals surface area (Å²) in [5, 5.41) is 10.5. The molecule has 2 heterocycles. The molecule has 0 aliphatic carbocycles. The van der Waals surface area contributed by atoms with E-state index in [1.807, 2.05) is 24.4 Å². The van der Waals surface area contributed by atoms with Crippen molar-refractivity contribution in [3.8, 4) is 0 Å². The Morgan fingerprint density at radius 3 is 2.84 bits per heavy atom. The predicted molar refractivity (Wildman–Crippen MR) is 118 cm³/mol. The van der Waals surface area contributed by atoms with Crippen LogP contribution in [0.4, 0.5) is 4.39 Å². The highest BCUT2D eigenvalue weighted by molar-refractivity contribution is 5.19. The molecule has 3 N–H and O–H groups in total. The van der Waals surface area contributed by atoms with Gasteiger partial charge in [0.15, 0.2) is 0 Å². The van der Waals surface area contributed by atoms with E-state index in [1.165, 1.54) is 11.0 Å². The number of hydrogen-bond donors (Lipinski definition) is 3. The lowest BCUT2D eigenvalue weighted by Crippen LogP contribution is -3.21. The van der Waals surface area contributed by atoms with E-state index >= 15 is 0 Å². The normalized spacial score (nSPS) is 16.8. The number of aromatic nitrogens is 1. The van der Waals surface area contributed by atoms with E-state index in [-0.39, 0.29) is 5.82 Å². The van der Waals surface area contributed by atoms with Crippen molar-refractivity contribution in [3.05, 3.63) is 72.3 Å². The van der Waals surface area contributed by atoms with Crippen molar-refractivity contribution in [2.24, 2.45) is 0 Å². The summed E-state index contributed by atoms with van der Waals surface area (Å²) in [4.78, 5) is 2.84. The van der Waals surface area contributed by atoms with Gasteiger partial charge < -0.3 is 28.9 Å². The monoisotopic (exact) mass is 433 g/mol. The van der Waals surface area contributed by atoms with Crippen LogP contribution in [0.2, 0.25) is 0 Å². The maximum atomic E-state index is 14.1. The minimum Gasteiger partial charge on any atom is -0.385 e. The first-order valence-electron chi connectivity index (χ1n) is 11.1. The summed E-state index contributed by atoms with van der Waals surface area (Å²) in [5.41, 5.74) is 1.81. The average Bonchev–Trinajstić information content (AvgIpc) is 3.21. The molecule has 0 bridgehead atoms. The Morgan fingerprint density at radius 2 is 2.06 bits per heavy atom. The lowest BCUT2D eigenvalue weighted by atomic mass is 10.2. The number of ether oxygens (including phenoxy) is 2. The Kier molecular flexibility index (Phi) is 9.71. The molecular weight excluding hydrogens is 397 g/mol. The molecule has 3 rings (SSSR count). The molecule has 0 amide bonds. The van der Waals surface area contributed by atoms with E-state index in [0.29, 0.717) is 31.9 Å². The van der Waals surface area contributed by atoms with Crippen molar-refractivity contribution < 1.29 is 28.8 Å². The van der Waals surface area contributed by atoms with Crippen LogP contribution in [0.25, 0.3) is 0 Å². The highest BCUT2D eigenvalue weighted by atomic mass is 19.1. The van der Waals surface area contributed by atoms with Crippen molar-refractivity contribution in [2.75, 3.05) is 59.2 Å². The number of aliphatic hydroxyl groups is 1. The second kappa shape index (κ2) is 12.7. The quantitative estimate of drug-likeness (QED) is 0.296. The van der Waals surface area contributed by atoms with Crippen LogP contribution in [0.5, 0.6) is 0 Å². The Balaban J connectivity index is 1.63. The molecule has 1 aliphatic heterocycles. The Bertz CT molecular complexity index is 792. The third kappa shape index (κ3) is 7.87. The van der Waals surface area contributed by atoms with E-state index in [9.17, 15) is 9.50 Å². The fraction of sp³-hybridized carbons (Fsp3) is 0.500. The summed E-state index contributed by atoms with van der Waals surface area (Å²) >= 11 is 0. The zero-order chi connectivity index (χ0) is 21.9. The minimum absolute atomic E-state index is 0.183. The van der Waals surface area contributed by atoms with E-state index in [2.05, 4.69) is 17.2 Å². The summed E-state index contributed by atoms with van der Waals surface area (Å²) in [6, 6.07) is 11.0. The van der Waals surface area contributed by atoms with Crippen molar-refractivity contribution in [1.82, 2.24) is 4.57 Å². The fourth-order valence-electron chi connectivity index (χ4n) is 4.04. The largest absolute Gasteiger partial charge is 0.385 e. The topological polar surface area (TPSA) is 52.5 Å². The van der Waals surface area contributed by atoms with Gasteiger partial charge in [0.1, 0.15) is 51.2 Å². The number of nitrogens with zero attached hydrogens (tertiary/aromatic N) is 1. The maximum absolute atomic E-state index is 14.1. The third-order valence-corrected chi connectivity index (χ3v) is 5.76. The first kappa shape index (κ1) is 23.6. The number of quaternary nitrogens is 2. The molecule has 31 heavy (non-hydrogen) atoms. The maximum Gasteiger partial charge on any atom is 0.128 e. The summed E-state index contributed by atoms with van der Waals surface area (Å²) < 4.78 is 27.1. The third-order valence-electron chi connectivity index (χ3n) is 5.76. The summed E-state index contributed by atoms with van der Waals surface area (Å²) in [7, 11) is 0. The lowest BCUT2D eigenvalue weighted by Gasteiger charge is -2.27. The molecule has 1 aliphatic rings. The molecule has 0 spiro atoms. The molecule has 2 aromatic rings. The van der Waals surface area contributed by atoms with Gasteiger partial charge in [0, 0.05) is 11.8 Å². The molecule has 1 fully saturated rings. The smallest absolute Gasteiger partial charge is 0.128 e. The molecule has 1 aromatic carbocycles. The molecule has 0 saturated carbocycles. The zero-order valence-corrected chi connectivity index (χ0v) is 18.3. The van der Waals surface area contributed by atoms with Gasteiger partial charge >= 0.3 is 0 Å². The number of aliphatic hydroxyl groups excluding tert-OH is 1. The van der Waals surface area contributed by atoms with E-state index in [1.54, 1.807) is 17.0 Å². The van der Waals surface area contributed by atoms with Crippen molar-refractivity contribution in [1.29, 1.82) is 0 Å². The molecule has 170 valence electrons. The van der Waals surface area contributed by atoms with Gasteiger partial charge in [0.2, 0.25) is 0 Å². The van der Waals surface area contributed by atoms with Gasteiger partial charge in [0.25, 0.3) is 0 Å². The highest BCUT2D eigenvalue weighted by Crippen LogP contribution is 2.11. The number of morpholine rings is 1. The number of rotatable bonds is 13.